The standard InChI is InChI=1S/C17H22N2O2/c1-11(2)14-5-7-15(8-6-14)16(20)10-19-13(4)9-12(3)18-17(19)21/h5-9,11,16,20H,10H2,1-4H3. The Morgan fingerprint density at radius 3 is 2.24 bits per heavy atom. The average Bonchev–Trinajstić information content (AvgIpc) is 2.42. The first-order chi connectivity index (χ1) is 9.88. The highest BCUT2D eigenvalue weighted by atomic mass is 16.3. The number of aliphatic hydroxyl groups is 1. The lowest BCUT2D eigenvalue weighted by Crippen LogP contribution is -2.28. The highest BCUT2D eigenvalue weighted by molar-refractivity contribution is 5.26. The fourth-order valence-electron chi connectivity index (χ4n) is 2.38. The normalized spacial score (nSPS) is 12.7. The maximum atomic E-state index is 11.9. The van der Waals surface area contributed by atoms with Gasteiger partial charge in [0, 0.05) is 11.4 Å². The molecule has 4 nitrogen and oxygen atoms in total. The molecule has 21 heavy (non-hydrogen) atoms. The molecular weight excluding hydrogens is 264 g/mol. The molecule has 0 amide bonds. The van der Waals surface area contributed by atoms with E-state index in [9.17, 15) is 9.90 Å². The van der Waals surface area contributed by atoms with Gasteiger partial charge in [-0.05, 0) is 37.0 Å². The van der Waals surface area contributed by atoms with Crippen molar-refractivity contribution < 1.29 is 5.11 Å². The van der Waals surface area contributed by atoms with Crippen molar-refractivity contribution in [3.05, 3.63) is 63.3 Å². The van der Waals surface area contributed by atoms with Gasteiger partial charge in [-0.2, -0.15) is 4.98 Å². The summed E-state index contributed by atoms with van der Waals surface area (Å²) in [7, 11) is 0. The molecule has 2 aromatic rings. The topological polar surface area (TPSA) is 55.1 Å². The van der Waals surface area contributed by atoms with Crippen LogP contribution in [-0.2, 0) is 6.54 Å². The predicted molar refractivity (Wildman–Crippen MR) is 83.5 cm³/mol. The number of benzene rings is 1. The summed E-state index contributed by atoms with van der Waals surface area (Å²) in [6.07, 6.45) is -0.716. The van der Waals surface area contributed by atoms with Crippen LogP contribution >= 0.6 is 0 Å². The minimum atomic E-state index is -0.716. The Labute approximate surface area is 125 Å². The van der Waals surface area contributed by atoms with Crippen LogP contribution in [0.15, 0.2) is 35.1 Å². The van der Waals surface area contributed by atoms with Crippen LogP contribution in [0.4, 0.5) is 0 Å². The molecule has 0 aliphatic rings. The summed E-state index contributed by atoms with van der Waals surface area (Å²) in [6, 6.07) is 9.72. The van der Waals surface area contributed by atoms with Crippen LogP contribution in [0, 0.1) is 13.8 Å². The van der Waals surface area contributed by atoms with Gasteiger partial charge in [0.1, 0.15) is 0 Å². The van der Waals surface area contributed by atoms with Crippen molar-refractivity contribution in [1.29, 1.82) is 0 Å². The smallest absolute Gasteiger partial charge is 0.348 e. The molecule has 0 aliphatic carbocycles. The van der Waals surface area contributed by atoms with Gasteiger partial charge in [0.2, 0.25) is 0 Å². The van der Waals surface area contributed by atoms with E-state index in [2.05, 4.69) is 18.8 Å². The van der Waals surface area contributed by atoms with Crippen LogP contribution in [0.2, 0.25) is 0 Å². The SMILES string of the molecule is Cc1cc(C)n(CC(O)c2ccc(C(C)C)cc2)c(=O)n1. The van der Waals surface area contributed by atoms with Crippen molar-refractivity contribution >= 4 is 0 Å². The third-order valence-electron chi connectivity index (χ3n) is 3.69. The number of aromatic nitrogens is 2. The first-order valence-electron chi connectivity index (χ1n) is 7.21. The first kappa shape index (κ1) is 15.4. The van der Waals surface area contributed by atoms with Gasteiger partial charge in [-0.3, -0.25) is 4.57 Å². The largest absolute Gasteiger partial charge is 0.387 e. The van der Waals surface area contributed by atoms with Crippen molar-refractivity contribution in [3.63, 3.8) is 0 Å². The number of rotatable bonds is 4. The van der Waals surface area contributed by atoms with Gasteiger partial charge in [-0.15, -0.1) is 0 Å². The van der Waals surface area contributed by atoms with Crippen molar-refractivity contribution in [3.8, 4) is 0 Å². The lowest BCUT2D eigenvalue weighted by atomic mass is 10.00. The lowest BCUT2D eigenvalue weighted by molar-refractivity contribution is 0.153. The van der Waals surface area contributed by atoms with Crippen LogP contribution in [0.5, 0.6) is 0 Å². The highest BCUT2D eigenvalue weighted by Crippen LogP contribution is 2.19. The Morgan fingerprint density at radius 1 is 1.14 bits per heavy atom. The van der Waals surface area contributed by atoms with Crippen molar-refractivity contribution in [1.82, 2.24) is 9.55 Å². The molecule has 1 aromatic carbocycles. The zero-order valence-electron chi connectivity index (χ0n) is 13.0. The molecule has 112 valence electrons. The summed E-state index contributed by atoms with van der Waals surface area (Å²) in [5.41, 5.74) is 3.24. The lowest BCUT2D eigenvalue weighted by Gasteiger charge is -2.16. The molecule has 2 rings (SSSR count). The summed E-state index contributed by atoms with van der Waals surface area (Å²) in [4.78, 5) is 15.8. The summed E-state index contributed by atoms with van der Waals surface area (Å²) < 4.78 is 1.51. The number of hydrogen-bond donors (Lipinski definition) is 1. The number of aryl methyl sites for hydroxylation is 2. The van der Waals surface area contributed by atoms with E-state index in [4.69, 9.17) is 0 Å². The van der Waals surface area contributed by atoms with Crippen LogP contribution < -0.4 is 5.69 Å². The maximum Gasteiger partial charge on any atom is 0.348 e. The molecule has 0 spiro atoms. The highest BCUT2D eigenvalue weighted by Gasteiger charge is 2.12. The van der Waals surface area contributed by atoms with Gasteiger partial charge in [-0.25, -0.2) is 4.79 Å². The van der Waals surface area contributed by atoms with E-state index in [0.717, 1.165) is 11.3 Å². The molecule has 1 aromatic heterocycles. The third-order valence-corrected chi connectivity index (χ3v) is 3.69. The zero-order valence-corrected chi connectivity index (χ0v) is 13.0. The molecule has 0 saturated heterocycles. The van der Waals surface area contributed by atoms with Crippen LogP contribution in [0.1, 0.15) is 48.4 Å². The summed E-state index contributed by atoms with van der Waals surface area (Å²) in [6.45, 7) is 8.13. The number of aliphatic hydroxyl groups excluding tert-OH is 1. The molecule has 1 heterocycles. The molecule has 0 fully saturated rings. The third kappa shape index (κ3) is 3.58. The zero-order chi connectivity index (χ0) is 15.6. The Morgan fingerprint density at radius 2 is 1.71 bits per heavy atom. The van der Waals surface area contributed by atoms with Crippen LogP contribution in [-0.4, -0.2) is 14.7 Å². The second-order valence-electron chi connectivity index (χ2n) is 5.77. The fraction of sp³-hybridized carbons (Fsp3) is 0.412. The minimum Gasteiger partial charge on any atom is -0.387 e. The molecule has 1 unspecified atom stereocenters. The minimum absolute atomic E-state index is 0.221. The van der Waals surface area contributed by atoms with Crippen molar-refractivity contribution in [2.45, 2.75) is 46.3 Å². The van der Waals surface area contributed by atoms with Crippen molar-refractivity contribution in [2.24, 2.45) is 0 Å². The molecule has 0 bridgehead atoms. The van der Waals surface area contributed by atoms with E-state index in [1.54, 1.807) is 6.92 Å². The van der Waals surface area contributed by atoms with E-state index in [0.29, 0.717) is 11.6 Å². The molecular formula is C17H22N2O2. The fourth-order valence-corrected chi connectivity index (χ4v) is 2.38. The van der Waals surface area contributed by atoms with E-state index in [1.165, 1.54) is 10.1 Å². The molecule has 1 N–H and O–H groups in total. The van der Waals surface area contributed by atoms with E-state index in [1.807, 2.05) is 37.3 Å². The van der Waals surface area contributed by atoms with E-state index < -0.39 is 6.10 Å². The van der Waals surface area contributed by atoms with Crippen LogP contribution in [0.3, 0.4) is 0 Å². The second-order valence-corrected chi connectivity index (χ2v) is 5.77. The Bertz CT molecular complexity index is 672. The maximum absolute atomic E-state index is 11.9. The molecule has 0 aliphatic heterocycles. The summed E-state index contributed by atoms with van der Waals surface area (Å²) in [5, 5.41) is 10.3. The van der Waals surface area contributed by atoms with Gasteiger partial charge < -0.3 is 5.11 Å². The summed E-state index contributed by atoms with van der Waals surface area (Å²) in [5.74, 6) is 0.461. The Kier molecular flexibility index (Phi) is 4.58. The van der Waals surface area contributed by atoms with E-state index >= 15 is 0 Å². The monoisotopic (exact) mass is 286 g/mol. The molecule has 4 heteroatoms. The molecule has 0 radical (unpaired) electrons. The summed E-state index contributed by atoms with van der Waals surface area (Å²) >= 11 is 0. The number of nitrogens with zero attached hydrogens (tertiary/aromatic N) is 2. The van der Waals surface area contributed by atoms with Gasteiger partial charge >= 0.3 is 5.69 Å². The van der Waals surface area contributed by atoms with Gasteiger partial charge in [0.05, 0.1) is 12.6 Å². The average molecular weight is 286 g/mol. The van der Waals surface area contributed by atoms with Crippen molar-refractivity contribution in [2.75, 3.05) is 0 Å². The van der Waals surface area contributed by atoms with Gasteiger partial charge in [0.25, 0.3) is 0 Å². The number of hydrogen-bond acceptors (Lipinski definition) is 3. The van der Waals surface area contributed by atoms with E-state index in [-0.39, 0.29) is 12.2 Å². The predicted octanol–water partition coefficient (Wildman–Crippen LogP) is 2.72. The second kappa shape index (κ2) is 6.22. The van der Waals surface area contributed by atoms with Gasteiger partial charge in [-0.1, -0.05) is 38.1 Å². The van der Waals surface area contributed by atoms with Crippen LogP contribution in [0.25, 0.3) is 0 Å². The first-order valence-corrected chi connectivity index (χ1v) is 7.21. The molecule has 0 saturated carbocycles. The van der Waals surface area contributed by atoms with Gasteiger partial charge in [0.15, 0.2) is 0 Å². The molecule has 1 atom stereocenters. The Hall–Kier alpha value is -1.94. The quantitative estimate of drug-likeness (QED) is 0.940. The Balaban J connectivity index is 2.22.